The number of nitriles is 2. The second-order valence-corrected chi connectivity index (χ2v) is 6.71. The van der Waals surface area contributed by atoms with Crippen LogP contribution in [-0.2, 0) is 6.18 Å². The molecule has 0 unspecified atom stereocenters. The normalized spacial score (nSPS) is 10.9. The van der Waals surface area contributed by atoms with Gasteiger partial charge in [-0.3, -0.25) is 0 Å². The van der Waals surface area contributed by atoms with Crippen LogP contribution in [0.3, 0.4) is 0 Å². The van der Waals surface area contributed by atoms with Crippen LogP contribution in [0.5, 0.6) is 0 Å². The zero-order chi connectivity index (χ0) is 20.3. The number of aromatic nitrogens is 1. The molecule has 1 heterocycles. The van der Waals surface area contributed by atoms with E-state index in [1.807, 2.05) is 18.2 Å². The first-order valence-corrected chi connectivity index (χ1v) is 8.71. The summed E-state index contributed by atoms with van der Waals surface area (Å²) in [6.07, 6.45) is -4.56. The highest BCUT2D eigenvalue weighted by atomic mass is 32.2. The molecule has 0 bridgehead atoms. The third-order valence-electron chi connectivity index (χ3n) is 3.85. The quantitative estimate of drug-likeness (QED) is 0.654. The van der Waals surface area contributed by atoms with Gasteiger partial charge in [0.2, 0.25) is 0 Å². The van der Waals surface area contributed by atoms with E-state index in [9.17, 15) is 23.7 Å². The van der Waals surface area contributed by atoms with Crippen molar-refractivity contribution < 1.29 is 13.2 Å². The van der Waals surface area contributed by atoms with Crippen molar-refractivity contribution in [2.45, 2.75) is 16.1 Å². The van der Waals surface area contributed by atoms with Gasteiger partial charge in [0.15, 0.2) is 0 Å². The number of nitrogen functional groups attached to an aromatic ring is 1. The molecule has 0 aliphatic rings. The summed E-state index contributed by atoms with van der Waals surface area (Å²) in [6.45, 7) is 0. The Hall–Kier alpha value is -3.49. The zero-order valence-electron chi connectivity index (χ0n) is 14.2. The molecule has 0 saturated heterocycles. The summed E-state index contributed by atoms with van der Waals surface area (Å²) >= 11 is 1.15. The second kappa shape index (κ2) is 7.63. The minimum Gasteiger partial charge on any atom is -0.383 e. The lowest BCUT2D eigenvalue weighted by Gasteiger charge is -2.14. The summed E-state index contributed by atoms with van der Waals surface area (Å²) in [5, 5.41) is 19.4. The predicted octanol–water partition coefficient (Wildman–Crippen LogP) is 5.24. The predicted molar refractivity (Wildman–Crippen MR) is 99.1 cm³/mol. The number of nitrogens with two attached hydrogens (primary N) is 1. The number of rotatable bonds is 3. The van der Waals surface area contributed by atoms with Crippen molar-refractivity contribution in [1.82, 2.24) is 4.98 Å². The molecule has 3 rings (SSSR count). The Kier molecular flexibility index (Phi) is 5.25. The monoisotopic (exact) mass is 396 g/mol. The third-order valence-corrected chi connectivity index (χ3v) is 4.85. The number of hydrogen-bond donors (Lipinski definition) is 1. The van der Waals surface area contributed by atoms with Gasteiger partial charge in [0.25, 0.3) is 0 Å². The molecule has 0 aliphatic heterocycles. The largest absolute Gasteiger partial charge is 0.416 e. The fourth-order valence-corrected chi connectivity index (χ4v) is 3.52. The molecule has 4 nitrogen and oxygen atoms in total. The Morgan fingerprint density at radius 1 is 0.929 bits per heavy atom. The highest BCUT2D eigenvalue weighted by Crippen LogP contribution is 2.39. The van der Waals surface area contributed by atoms with Crippen molar-refractivity contribution in [2.75, 3.05) is 5.73 Å². The lowest BCUT2D eigenvalue weighted by atomic mass is 9.95. The van der Waals surface area contributed by atoms with Crippen LogP contribution in [0.2, 0.25) is 0 Å². The minimum atomic E-state index is -4.56. The summed E-state index contributed by atoms with van der Waals surface area (Å²) in [5.74, 6) is -0.146. The lowest BCUT2D eigenvalue weighted by Crippen LogP contribution is -2.06. The van der Waals surface area contributed by atoms with E-state index in [0.29, 0.717) is 0 Å². The first-order chi connectivity index (χ1) is 13.3. The van der Waals surface area contributed by atoms with Gasteiger partial charge in [-0.05, 0) is 29.8 Å². The minimum absolute atomic E-state index is 0.000993. The van der Waals surface area contributed by atoms with Gasteiger partial charge in [-0.25, -0.2) is 4.98 Å². The van der Waals surface area contributed by atoms with Crippen LogP contribution >= 0.6 is 11.8 Å². The Bertz CT molecular complexity index is 1110. The van der Waals surface area contributed by atoms with Crippen molar-refractivity contribution in [3.8, 4) is 23.3 Å². The summed E-state index contributed by atoms with van der Waals surface area (Å²) < 4.78 is 39.4. The smallest absolute Gasteiger partial charge is 0.383 e. The number of hydrogen-bond acceptors (Lipinski definition) is 5. The number of benzene rings is 2. The molecule has 8 heteroatoms. The summed E-state index contributed by atoms with van der Waals surface area (Å²) in [5.41, 5.74) is 5.00. The Labute approximate surface area is 163 Å². The Morgan fingerprint density at radius 3 is 2.21 bits per heavy atom. The molecule has 0 aliphatic carbocycles. The molecular formula is C20H11F3N4S. The van der Waals surface area contributed by atoms with Crippen molar-refractivity contribution in [1.29, 1.82) is 10.5 Å². The first kappa shape index (κ1) is 19.3. The number of halogens is 3. The maximum Gasteiger partial charge on any atom is 0.416 e. The van der Waals surface area contributed by atoms with Crippen molar-refractivity contribution in [2.24, 2.45) is 0 Å². The van der Waals surface area contributed by atoms with Crippen molar-refractivity contribution >= 4 is 17.6 Å². The van der Waals surface area contributed by atoms with E-state index in [4.69, 9.17) is 5.73 Å². The van der Waals surface area contributed by atoms with Crippen molar-refractivity contribution in [3.05, 3.63) is 71.3 Å². The number of anilines is 1. The molecule has 0 atom stereocenters. The molecule has 0 saturated carbocycles. The van der Waals surface area contributed by atoms with E-state index in [2.05, 4.69) is 4.98 Å². The molecule has 1 aromatic heterocycles. The van der Waals surface area contributed by atoms with Gasteiger partial charge in [-0.1, -0.05) is 42.1 Å². The van der Waals surface area contributed by atoms with Gasteiger partial charge in [-0.2, -0.15) is 23.7 Å². The van der Waals surface area contributed by atoms with Gasteiger partial charge in [0.1, 0.15) is 28.5 Å². The van der Waals surface area contributed by atoms with Crippen LogP contribution in [0.15, 0.2) is 64.5 Å². The fraction of sp³-hybridized carbons (Fsp3) is 0.0500. The van der Waals surface area contributed by atoms with Gasteiger partial charge >= 0.3 is 6.18 Å². The maximum atomic E-state index is 13.1. The SMILES string of the molecule is N#Cc1c(N)nc(Sc2ccccc2)c(C#N)c1-c1cccc(C(F)(F)F)c1. The van der Waals surface area contributed by atoms with Gasteiger partial charge in [-0.15, -0.1) is 0 Å². The Morgan fingerprint density at radius 2 is 1.61 bits per heavy atom. The average Bonchev–Trinajstić information content (AvgIpc) is 2.68. The second-order valence-electron chi connectivity index (χ2n) is 5.64. The topological polar surface area (TPSA) is 86.5 Å². The highest BCUT2D eigenvalue weighted by Gasteiger charge is 2.31. The molecule has 0 fully saturated rings. The van der Waals surface area contributed by atoms with Gasteiger partial charge in [0, 0.05) is 10.5 Å². The van der Waals surface area contributed by atoms with Crippen LogP contribution in [0.4, 0.5) is 19.0 Å². The summed E-state index contributed by atoms with van der Waals surface area (Å²) in [7, 11) is 0. The number of nitrogens with zero attached hydrogens (tertiary/aromatic N) is 3. The van der Waals surface area contributed by atoms with Gasteiger partial charge in [0.05, 0.1) is 11.1 Å². The average molecular weight is 396 g/mol. The summed E-state index contributed by atoms with van der Waals surface area (Å²) in [4.78, 5) is 4.91. The maximum absolute atomic E-state index is 13.1. The molecular weight excluding hydrogens is 385 g/mol. The van der Waals surface area contributed by atoms with E-state index in [0.717, 1.165) is 28.8 Å². The molecule has 0 radical (unpaired) electrons. The van der Waals surface area contributed by atoms with E-state index >= 15 is 0 Å². The standard InChI is InChI=1S/C20H11F3N4S/c21-20(22,23)13-6-4-5-12(9-13)17-15(10-24)18(26)27-19(16(17)11-25)28-14-7-2-1-3-8-14/h1-9H,(H2,26,27). The first-order valence-electron chi connectivity index (χ1n) is 7.89. The molecule has 2 N–H and O–H groups in total. The van der Waals surface area contributed by atoms with E-state index < -0.39 is 11.7 Å². The third kappa shape index (κ3) is 3.78. The van der Waals surface area contributed by atoms with Gasteiger partial charge < -0.3 is 5.73 Å². The summed E-state index contributed by atoms with van der Waals surface area (Å²) in [6, 6.07) is 17.3. The van der Waals surface area contributed by atoms with Crippen LogP contribution in [-0.4, -0.2) is 4.98 Å². The van der Waals surface area contributed by atoms with Crippen LogP contribution in [0.25, 0.3) is 11.1 Å². The van der Waals surface area contributed by atoms with Crippen LogP contribution in [0.1, 0.15) is 16.7 Å². The van der Waals surface area contributed by atoms with E-state index in [1.165, 1.54) is 12.1 Å². The molecule has 28 heavy (non-hydrogen) atoms. The van der Waals surface area contributed by atoms with Crippen LogP contribution in [0, 0.1) is 22.7 Å². The van der Waals surface area contributed by atoms with Crippen LogP contribution < -0.4 is 5.73 Å². The Balaban J connectivity index is 2.26. The fourth-order valence-electron chi connectivity index (χ4n) is 2.61. The molecule has 0 amide bonds. The highest BCUT2D eigenvalue weighted by molar-refractivity contribution is 7.99. The molecule has 3 aromatic rings. The molecule has 0 spiro atoms. The number of pyridine rings is 1. The number of alkyl halides is 3. The van der Waals surface area contributed by atoms with E-state index in [1.54, 1.807) is 24.3 Å². The molecule has 138 valence electrons. The lowest BCUT2D eigenvalue weighted by molar-refractivity contribution is -0.137. The molecule has 2 aromatic carbocycles. The van der Waals surface area contributed by atoms with Crippen molar-refractivity contribution in [3.63, 3.8) is 0 Å². The zero-order valence-corrected chi connectivity index (χ0v) is 15.0. The van der Waals surface area contributed by atoms with E-state index in [-0.39, 0.29) is 33.1 Å².